The highest BCUT2D eigenvalue weighted by molar-refractivity contribution is 5.38. The molecule has 1 aliphatic rings. The lowest BCUT2D eigenvalue weighted by Crippen LogP contribution is -2.24. The number of rotatable bonds is 7. The van der Waals surface area contributed by atoms with Gasteiger partial charge >= 0.3 is 0 Å². The van der Waals surface area contributed by atoms with Crippen molar-refractivity contribution in [3.8, 4) is 0 Å². The minimum absolute atomic E-state index is 0.669. The molecular weight excluding hydrogens is 252 g/mol. The summed E-state index contributed by atoms with van der Waals surface area (Å²) in [4.78, 5) is 9.10. The minimum Gasteiger partial charge on any atom is -0.383 e. The van der Waals surface area contributed by atoms with Crippen LogP contribution in [-0.2, 0) is 11.3 Å². The van der Waals surface area contributed by atoms with Crippen LogP contribution in [-0.4, -0.2) is 56.8 Å². The third-order valence-electron chi connectivity index (χ3n) is 3.94. The van der Waals surface area contributed by atoms with Crippen LogP contribution in [0.4, 0.5) is 5.82 Å². The number of likely N-dealkylation sites (tertiary alicyclic amines) is 1. The van der Waals surface area contributed by atoms with Crippen LogP contribution in [0.25, 0.3) is 0 Å². The zero-order valence-corrected chi connectivity index (χ0v) is 12.6. The van der Waals surface area contributed by atoms with Gasteiger partial charge in [-0.3, -0.25) is 4.90 Å². The van der Waals surface area contributed by atoms with Crippen molar-refractivity contribution in [2.24, 2.45) is 11.7 Å². The van der Waals surface area contributed by atoms with Crippen LogP contribution in [0.3, 0.4) is 0 Å². The topological polar surface area (TPSA) is 54.6 Å². The van der Waals surface area contributed by atoms with Gasteiger partial charge in [-0.25, -0.2) is 4.98 Å². The fraction of sp³-hybridized carbons (Fsp3) is 0.667. The number of ether oxygens (including phenoxy) is 1. The lowest BCUT2D eigenvalue weighted by Gasteiger charge is -2.19. The summed E-state index contributed by atoms with van der Waals surface area (Å²) in [6, 6.07) is 4.25. The third kappa shape index (κ3) is 4.16. The van der Waals surface area contributed by atoms with Gasteiger partial charge in [0.05, 0.1) is 6.61 Å². The zero-order valence-electron chi connectivity index (χ0n) is 12.6. The van der Waals surface area contributed by atoms with Crippen LogP contribution in [0.5, 0.6) is 0 Å². The second kappa shape index (κ2) is 7.57. The van der Waals surface area contributed by atoms with E-state index in [1.165, 1.54) is 12.0 Å². The summed E-state index contributed by atoms with van der Waals surface area (Å²) in [5, 5.41) is 0. The average molecular weight is 278 g/mol. The van der Waals surface area contributed by atoms with E-state index in [-0.39, 0.29) is 0 Å². The number of nitrogens with two attached hydrogens (primary N) is 1. The molecule has 0 saturated carbocycles. The van der Waals surface area contributed by atoms with E-state index in [2.05, 4.69) is 26.9 Å². The normalized spacial score (nSPS) is 19.4. The summed E-state index contributed by atoms with van der Waals surface area (Å²) in [6.45, 7) is 5.62. The van der Waals surface area contributed by atoms with Gasteiger partial charge in [0.25, 0.3) is 0 Å². The molecule has 0 aliphatic carbocycles. The number of anilines is 1. The van der Waals surface area contributed by atoms with Crippen LogP contribution in [0, 0.1) is 5.92 Å². The van der Waals surface area contributed by atoms with Gasteiger partial charge in [-0.1, -0.05) is 6.07 Å². The van der Waals surface area contributed by atoms with Crippen molar-refractivity contribution < 1.29 is 4.74 Å². The van der Waals surface area contributed by atoms with E-state index in [1.54, 1.807) is 7.11 Å². The SMILES string of the molecule is COCCN(C)c1ccc(CN2CCC(CN)C2)cn1. The van der Waals surface area contributed by atoms with E-state index in [1.807, 2.05) is 13.2 Å². The first kappa shape index (κ1) is 15.2. The molecule has 1 atom stereocenters. The van der Waals surface area contributed by atoms with Gasteiger partial charge in [0.2, 0.25) is 0 Å². The minimum atomic E-state index is 0.669. The molecule has 0 aromatic carbocycles. The second-order valence-corrected chi connectivity index (χ2v) is 5.56. The van der Waals surface area contributed by atoms with Gasteiger partial charge in [0.15, 0.2) is 0 Å². The van der Waals surface area contributed by atoms with Crippen molar-refractivity contribution in [3.05, 3.63) is 23.9 Å². The van der Waals surface area contributed by atoms with E-state index in [0.717, 1.165) is 38.5 Å². The Balaban J connectivity index is 1.85. The van der Waals surface area contributed by atoms with Crippen molar-refractivity contribution >= 4 is 5.82 Å². The largest absolute Gasteiger partial charge is 0.383 e. The molecule has 20 heavy (non-hydrogen) atoms. The molecule has 2 N–H and O–H groups in total. The molecule has 112 valence electrons. The predicted molar refractivity (Wildman–Crippen MR) is 81.8 cm³/mol. The molecule has 1 fully saturated rings. The highest BCUT2D eigenvalue weighted by Gasteiger charge is 2.20. The fourth-order valence-electron chi connectivity index (χ4n) is 2.59. The number of hydrogen-bond acceptors (Lipinski definition) is 5. The molecule has 1 saturated heterocycles. The first-order valence-corrected chi connectivity index (χ1v) is 7.30. The molecule has 0 bridgehead atoms. The van der Waals surface area contributed by atoms with Gasteiger partial charge in [0, 0.05) is 40.0 Å². The highest BCUT2D eigenvalue weighted by Crippen LogP contribution is 2.18. The lowest BCUT2D eigenvalue weighted by atomic mass is 10.1. The van der Waals surface area contributed by atoms with Crippen molar-refractivity contribution in [2.75, 3.05) is 51.8 Å². The zero-order chi connectivity index (χ0) is 14.4. The molecule has 5 heteroatoms. The molecule has 0 amide bonds. The van der Waals surface area contributed by atoms with Crippen molar-refractivity contribution in [2.45, 2.75) is 13.0 Å². The van der Waals surface area contributed by atoms with Crippen molar-refractivity contribution in [3.63, 3.8) is 0 Å². The van der Waals surface area contributed by atoms with Crippen LogP contribution < -0.4 is 10.6 Å². The van der Waals surface area contributed by atoms with Crippen molar-refractivity contribution in [1.29, 1.82) is 0 Å². The van der Waals surface area contributed by atoms with Crippen LogP contribution in [0.1, 0.15) is 12.0 Å². The van der Waals surface area contributed by atoms with E-state index >= 15 is 0 Å². The van der Waals surface area contributed by atoms with Gasteiger partial charge in [-0.2, -0.15) is 0 Å². The Morgan fingerprint density at radius 2 is 2.35 bits per heavy atom. The highest BCUT2D eigenvalue weighted by atomic mass is 16.5. The Kier molecular flexibility index (Phi) is 5.76. The molecule has 1 aliphatic heterocycles. The van der Waals surface area contributed by atoms with E-state index in [9.17, 15) is 0 Å². The van der Waals surface area contributed by atoms with E-state index in [0.29, 0.717) is 12.5 Å². The second-order valence-electron chi connectivity index (χ2n) is 5.56. The molecule has 1 unspecified atom stereocenters. The molecule has 0 spiro atoms. The smallest absolute Gasteiger partial charge is 0.128 e. The number of aromatic nitrogens is 1. The molecular formula is C15H26N4O. The van der Waals surface area contributed by atoms with Gasteiger partial charge in [0.1, 0.15) is 5.82 Å². The van der Waals surface area contributed by atoms with E-state index in [4.69, 9.17) is 10.5 Å². The van der Waals surface area contributed by atoms with Crippen LogP contribution in [0.15, 0.2) is 18.3 Å². The Morgan fingerprint density at radius 1 is 1.50 bits per heavy atom. The summed E-state index contributed by atoms with van der Waals surface area (Å²) in [7, 11) is 3.75. The Morgan fingerprint density at radius 3 is 2.95 bits per heavy atom. The fourth-order valence-corrected chi connectivity index (χ4v) is 2.59. The summed E-state index contributed by atoms with van der Waals surface area (Å²) in [5.41, 5.74) is 7.00. The maximum absolute atomic E-state index is 5.73. The van der Waals surface area contributed by atoms with Gasteiger partial charge in [-0.15, -0.1) is 0 Å². The maximum atomic E-state index is 5.73. The summed E-state index contributed by atoms with van der Waals surface area (Å²) in [5.74, 6) is 1.66. The molecule has 2 rings (SSSR count). The number of methoxy groups -OCH3 is 1. The molecule has 0 radical (unpaired) electrons. The first-order chi connectivity index (χ1) is 9.72. The summed E-state index contributed by atoms with van der Waals surface area (Å²) in [6.07, 6.45) is 3.20. The summed E-state index contributed by atoms with van der Waals surface area (Å²) >= 11 is 0. The maximum Gasteiger partial charge on any atom is 0.128 e. The van der Waals surface area contributed by atoms with Crippen LogP contribution in [0.2, 0.25) is 0 Å². The average Bonchev–Trinajstić information content (AvgIpc) is 2.93. The molecule has 5 nitrogen and oxygen atoms in total. The Hall–Kier alpha value is -1.17. The number of hydrogen-bond donors (Lipinski definition) is 1. The molecule has 1 aromatic rings. The standard InChI is InChI=1S/C15H26N4O/c1-18(7-8-20-2)15-4-3-14(10-17-15)12-19-6-5-13(9-16)11-19/h3-4,10,13H,5-9,11-12,16H2,1-2H3. The summed E-state index contributed by atoms with van der Waals surface area (Å²) < 4.78 is 5.08. The van der Waals surface area contributed by atoms with Gasteiger partial charge < -0.3 is 15.4 Å². The number of pyridine rings is 1. The third-order valence-corrected chi connectivity index (χ3v) is 3.94. The van der Waals surface area contributed by atoms with E-state index < -0.39 is 0 Å². The Labute approximate surface area is 121 Å². The quantitative estimate of drug-likeness (QED) is 0.804. The molecule has 1 aromatic heterocycles. The van der Waals surface area contributed by atoms with Gasteiger partial charge in [-0.05, 0) is 37.1 Å². The first-order valence-electron chi connectivity index (χ1n) is 7.30. The monoisotopic (exact) mass is 278 g/mol. The van der Waals surface area contributed by atoms with Crippen molar-refractivity contribution in [1.82, 2.24) is 9.88 Å². The predicted octanol–water partition coefficient (Wildman–Crippen LogP) is 0.945. The van der Waals surface area contributed by atoms with Crippen LogP contribution >= 0.6 is 0 Å². The number of nitrogens with zero attached hydrogens (tertiary/aromatic N) is 3. The molecule has 2 heterocycles. The number of likely N-dealkylation sites (N-methyl/N-ethyl adjacent to an activating group) is 1. The lowest BCUT2D eigenvalue weighted by molar-refractivity contribution is 0.206. The Bertz CT molecular complexity index is 395.